The number of hydrogen-bond donors (Lipinski definition) is 1. The third-order valence-corrected chi connectivity index (χ3v) is 4.23. The molecule has 3 nitrogen and oxygen atoms in total. The van der Waals surface area contributed by atoms with E-state index in [9.17, 15) is 4.79 Å². The Labute approximate surface area is 138 Å². The molecule has 0 heterocycles. The van der Waals surface area contributed by atoms with Crippen LogP contribution in [-0.2, 0) is 4.79 Å². The van der Waals surface area contributed by atoms with Gasteiger partial charge in [0.15, 0.2) is 0 Å². The fraction of sp³-hybridized carbons (Fsp3) is 0.842. The largest absolute Gasteiger partial charge is 0.374 e. The fourth-order valence-corrected chi connectivity index (χ4v) is 2.80. The zero-order valence-electron chi connectivity index (χ0n) is 15.4. The van der Waals surface area contributed by atoms with Crippen LogP contribution < -0.4 is 5.73 Å². The minimum absolute atomic E-state index is 0.268. The molecule has 0 bridgehead atoms. The summed E-state index contributed by atoms with van der Waals surface area (Å²) >= 11 is 0. The quantitative estimate of drug-likeness (QED) is 0.362. The predicted molar refractivity (Wildman–Crippen MR) is 96.7 cm³/mol. The van der Waals surface area contributed by atoms with E-state index in [1.165, 1.54) is 57.1 Å². The molecule has 2 N–H and O–H groups in total. The number of nitrogens with zero attached hydrogens (tertiary/aromatic N) is 1. The van der Waals surface area contributed by atoms with Gasteiger partial charge in [-0.15, -0.1) is 0 Å². The lowest BCUT2D eigenvalue weighted by atomic mass is 10.1. The Morgan fingerprint density at radius 3 is 1.68 bits per heavy atom. The Hall–Kier alpha value is -0.990. The highest BCUT2D eigenvalue weighted by molar-refractivity contribution is 5.91. The van der Waals surface area contributed by atoms with Crippen molar-refractivity contribution in [1.82, 2.24) is 4.90 Å². The Balaban J connectivity index is 4.80. The summed E-state index contributed by atoms with van der Waals surface area (Å²) in [7, 11) is 0. The van der Waals surface area contributed by atoms with Gasteiger partial charge in [-0.05, 0) is 26.2 Å². The number of carbonyl (C=O) groups excluding carboxylic acids is 1. The van der Waals surface area contributed by atoms with Crippen LogP contribution in [0.25, 0.3) is 0 Å². The van der Waals surface area contributed by atoms with Gasteiger partial charge in [-0.25, -0.2) is 0 Å². The number of primary amides is 1. The summed E-state index contributed by atoms with van der Waals surface area (Å²) in [6.07, 6.45) is 12.1. The second-order valence-electron chi connectivity index (χ2n) is 6.29. The number of nitrogens with two attached hydrogens (primary N) is 1. The van der Waals surface area contributed by atoms with Crippen molar-refractivity contribution in [3.8, 4) is 0 Å². The van der Waals surface area contributed by atoms with Crippen LogP contribution in [0.4, 0.5) is 0 Å². The number of unbranched alkanes of at least 4 members (excludes halogenated alkanes) is 6. The van der Waals surface area contributed by atoms with Crippen LogP contribution in [-0.4, -0.2) is 23.9 Å². The van der Waals surface area contributed by atoms with Crippen LogP contribution >= 0.6 is 0 Å². The number of allylic oxidation sites excluding steroid dienone is 1. The number of amides is 1. The average molecular weight is 311 g/mol. The molecular formula is C19H38N2O. The lowest BCUT2D eigenvalue weighted by Gasteiger charge is -2.29. The van der Waals surface area contributed by atoms with E-state index in [0.717, 1.165) is 31.5 Å². The van der Waals surface area contributed by atoms with Gasteiger partial charge in [-0.1, -0.05) is 65.7 Å². The number of hydrogen-bond acceptors (Lipinski definition) is 2. The van der Waals surface area contributed by atoms with Gasteiger partial charge in [-0.3, -0.25) is 4.79 Å². The van der Waals surface area contributed by atoms with E-state index >= 15 is 0 Å². The average Bonchev–Trinajstić information content (AvgIpc) is 2.50. The molecule has 0 aromatic rings. The van der Waals surface area contributed by atoms with E-state index in [4.69, 9.17) is 5.73 Å². The molecule has 0 unspecified atom stereocenters. The van der Waals surface area contributed by atoms with Gasteiger partial charge in [0.1, 0.15) is 0 Å². The van der Waals surface area contributed by atoms with Gasteiger partial charge in [0, 0.05) is 24.4 Å². The molecule has 0 aromatic carbocycles. The molecule has 0 saturated heterocycles. The summed E-state index contributed by atoms with van der Waals surface area (Å²) in [5, 5.41) is 0. The summed E-state index contributed by atoms with van der Waals surface area (Å²) in [6, 6.07) is 0. The van der Waals surface area contributed by atoms with E-state index < -0.39 is 0 Å². The highest BCUT2D eigenvalue weighted by Crippen LogP contribution is 2.19. The first-order chi connectivity index (χ1) is 10.6. The first-order valence-corrected chi connectivity index (χ1v) is 9.32. The van der Waals surface area contributed by atoms with Crippen LogP contribution in [0.15, 0.2) is 11.3 Å². The van der Waals surface area contributed by atoms with E-state index in [2.05, 4.69) is 25.7 Å². The zero-order chi connectivity index (χ0) is 16.8. The van der Waals surface area contributed by atoms with Crippen LogP contribution in [0.5, 0.6) is 0 Å². The van der Waals surface area contributed by atoms with Crippen LogP contribution in [0.2, 0.25) is 0 Å². The van der Waals surface area contributed by atoms with Gasteiger partial charge in [0.05, 0.1) is 0 Å². The summed E-state index contributed by atoms with van der Waals surface area (Å²) < 4.78 is 0. The van der Waals surface area contributed by atoms with Crippen LogP contribution in [0.3, 0.4) is 0 Å². The normalized spacial score (nSPS) is 12.2. The van der Waals surface area contributed by atoms with E-state index in [1.807, 2.05) is 6.92 Å². The lowest BCUT2D eigenvalue weighted by Crippen LogP contribution is -2.29. The maximum Gasteiger partial charge on any atom is 0.246 e. The molecule has 0 aliphatic carbocycles. The highest BCUT2D eigenvalue weighted by Gasteiger charge is 2.14. The molecule has 22 heavy (non-hydrogen) atoms. The topological polar surface area (TPSA) is 46.3 Å². The Bertz CT molecular complexity index is 311. The van der Waals surface area contributed by atoms with Crippen LogP contribution in [0.1, 0.15) is 91.9 Å². The second kappa shape index (κ2) is 13.7. The van der Waals surface area contributed by atoms with Crippen molar-refractivity contribution in [1.29, 1.82) is 0 Å². The Morgan fingerprint density at radius 1 is 0.818 bits per heavy atom. The standard InChI is InChI=1S/C19H38N2O/c1-5-8-10-12-15-21(16-13-11-9-6-2)18(14-7-3)17(4)19(20)22/h5-16H2,1-4H3,(H2,20,22)/b18-17+. The number of rotatable bonds is 14. The fourth-order valence-electron chi connectivity index (χ4n) is 2.80. The second-order valence-corrected chi connectivity index (χ2v) is 6.29. The predicted octanol–water partition coefficient (Wildman–Crippen LogP) is 5.01. The monoisotopic (exact) mass is 310 g/mol. The molecule has 0 aromatic heterocycles. The molecule has 0 spiro atoms. The third-order valence-electron chi connectivity index (χ3n) is 4.23. The van der Waals surface area contributed by atoms with Crippen molar-refractivity contribution in [2.45, 2.75) is 91.9 Å². The van der Waals surface area contributed by atoms with Crippen molar-refractivity contribution in [2.75, 3.05) is 13.1 Å². The van der Waals surface area contributed by atoms with Gasteiger partial charge < -0.3 is 10.6 Å². The SMILES string of the molecule is CCCCCCN(CCCCCC)/C(CCC)=C(\C)C(N)=O. The lowest BCUT2D eigenvalue weighted by molar-refractivity contribution is -0.114. The van der Waals surface area contributed by atoms with E-state index in [1.54, 1.807) is 0 Å². The summed E-state index contributed by atoms with van der Waals surface area (Å²) in [5.74, 6) is -0.268. The van der Waals surface area contributed by atoms with E-state index in [0.29, 0.717) is 0 Å². The third kappa shape index (κ3) is 9.11. The van der Waals surface area contributed by atoms with Crippen molar-refractivity contribution in [3.05, 3.63) is 11.3 Å². The minimum Gasteiger partial charge on any atom is -0.374 e. The highest BCUT2D eigenvalue weighted by atomic mass is 16.1. The molecule has 0 rings (SSSR count). The van der Waals surface area contributed by atoms with Crippen molar-refractivity contribution in [2.24, 2.45) is 5.73 Å². The number of carbonyl (C=O) groups is 1. The Kier molecular flexibility index (Phi) is 13.0. The van der Waals surface area contributed by atoms with Gasteiger partial charge >= 0.3 is 0 Å². The first kappa shape index (κ1) is 21.0. The van der Waals surface area contributed by atoms with Gasteiger partial charge in [-0.2, -0.15) is 0 Å². The van der Waals surface area contributed by atoms with E-state index in [-0.39, 0.29) is 5.91 Å². The molecule has 0 fully saturated rings. The maximum atomic E-state index is 11.6. The Morgan fingerprint density at radius 2 is 1.32 bits per heavy atom. The first-order valence-electron chi connectivity index (χ1n) is 9.32. The minimum atomic E-state index is -0.268. The summed E-state index contributed by atoms with van der Waals surface area (Å²) in [4.78, 5) is 14.0. The summed E-state index contributed by atoms with van der Waals surface area (Å²) in [5.41, 5.74) is 7.47. The molecule has 0 aliphatic rings. The molecule has 1 amide bonds. The maximum absolute atomic E-state index is 11.6. The molecular weight excluding hydrogens is 272 g/mol. The smallest absolute Gasteiger partial charge is 0.246 e. The molecule has 0 radical (unpaired) electrons. The van der Waals surface area contributed by atoms with Crippen molar-refractivity contribution in [3.63, 3.8) is 0 Å². The molecule has 130 valence electrons. The van der Waals surface area contributed by atoms with Crippen molar-refractivity contribution >= 4 is 5.91 Å². The molecule has 3 heteroatoms. The zero-order valence-corrected chi connectivity index (χ0v) is 15.4. The van der Waals surface area contributed by atoms with Gasteiger partial charge in [0.2, 0.25) is 5.91 Å². The van der Waals surface area contributed by atoms with Crippen LogP contribution in [0, 0.1) is 0 Å². The molecule has 0 saturated carbocycles. The summed E-state index contributed by atoms with van der Waals surface area (Å²) in [6.45, 7) is 10.7. The van der Waals surface area contributed by atoms with Gasteiger partial charge in [0.25, 0.3) is 0 Å². The van der Waals surface area contributed by atoms with Crippen molar-refractivity contribution < 1.29 is 4.79 Å². The molecule has 0 atom stereocenters. The molecule has 0 aliphatic heterocycles.